The van der Waals surface area contributed by atoms with E-state index in [1.807, 2.05) is 24.3 Å². The average Bonchev–Trinajstić information content (AvgIpc) is 3.53. The molecular weight excluding hydrogens is 362 g/mol. The van der Waals surface area contributed by atoms with Gasteiger partial charge in [-0.15, -0.1) is 0 Å². The maximum atomic E-state index is 12.6. The van der Waals surface area contributed by atoms with Crippen molar-refractivity contribution in [2.24, 2.45) is 5.92 Å². The van der Waals surface area contributed by atoms with Gasteiger partial charge in [0.05, 0.1) is 32.5 Å². The van der Waals surface area contributed by atoms with Crippen molar-refractivity contribution < 1.29 is 28.6 Å². The van der Waals surface area contributed by atoms with Crippen molar-refractivity contribution >= 4 is 23.5 Å². The van der Waals surface area contributed by atoms with Crippen LogP contribution in [0.25, 0.3) is 0 Å². The van der Waals surface area contributed by atoms with Gasteiger partial charge in [0.25, 0.3) is 0 Å². The number of hydrogen-bond donors (Lipinski definition) is 1. The van der Waals surface area contributed by atoms with E-state index >= 15 is 0 Å². The van der Waals surface area contributed by atoms with Crippen molar-refractivity contribution in [2.45, 2.75) is 12.3 Å². The van der Waals surface area contributed by atoms with E-state index in [0.717, 1.165) is 17.7 Å². The zero-order valence-corrected chi connectivity index (χ0v) is 15.9. The summed E-state index contributed by atoms with van der Waals surface area (Å²) in [6.07, 6.45) is 0.735. The number of carbonyl (C=O) groups is 3. The molecule has 2 aromatic carbocycles. The first-order valence-corrected chi connectivity index (χ1v) is 8.73. The Labute approximate surface area is 162 Å². The molecule has 1 fully saturated rings. The van der Waals surface area contributed by atoms with E-state index in [-0.39, 0.29) is 28.9 Å². The van der Waals surface area contributed by atoms with Crippen molar-refractivity contribution in [2.75, 3.05) is 26.6 Å². The van der Waals surface area contributed by atoms with Gasteiger partial charge in [-0.2, -0.15) is 0 Å². The van der Waals surface area contributed by atoms with E-state index in [1.165, 1.54) is 32.4 Å². The van der Waals surface area contributed by atoms with Gasteiger partial charge in [-0.05, 0) is 48.2 Å². The van der Waals surface area contributed by atoms with Crippen LogP contribution < -0.4 is 10.1 Å². The molecule has 0 spiro atoms. The highest BCUT2D eigenvalue weighted by Crippen LogP contribution is 2.48. The van der Waals surface area contributed by atoms with E-state index in [1.54, 1.807) is 7.11 Å². The molecule has 28 heavy (non-hydrogen) atoms. The highest BCUT2D eigenvalue weighted by Gasteiger charge is 2.44. The van der Waals surface area contributed by atoms with Gasteiger partial charge in [-0.1, -0.05) is 12.1 Å². The van der Waals surface area contributed by atoms with Crippen LogP contribution in [0, 0.1) is 5.92 Å². The minimum absolute atomic E-state index is 0.134. The molecule has 1 amide bonds. The summed E-state index contributed by atoms with van der Waals surface area (Å²) in [5.41, 5.74) is 1.72. The number of rotatable bonds is 6. The number of methoxy groups -OCH3 is 3. The van der Waals surface area contributed by atoms with E-state index < -0.39 is 11.9 Å². The van der Waals surface area contributed by atoms with Crippen molar-refractivity contribution in [3.05, 3.63) is 59.2 Å². The Morgan fingerprint density at radius 3 is 1.96 bits per heavy atom. The van der Waals surface area contributed by atoms with Crippen LogP contribution in [0.4, 0.5) is 5.69 Å². The zero-order valence-electron chi connectivity index (χ0n) is 15.9. The summed E-state index contributed by atoms with van der Waals surface area (Å²) in [6.45, 7) is 0. The Morgan fingerprint density at radius 1 is 0.893 bits per heavy atom. The third-order valence-electron chi connectivity index (χ3n) is 4.71. The van der Waals surface area contributed by atoms with Crippen LogP contribution in [0.15, 0.2) is 42.5 Å². The van der Waals surface area contributed by atoms with Gasteiger partial charge in [0.15, 0.2) is 0 Å². The van der Waals surface area contributed by atoms with Crippen LogP contribution in [0.5, 0.6) is 5.75 Å². The number of hydrogen-bond acceptors (Lipinski definition) is 6. The SMILES string of the molecule is COC(=O)c1cc(NC(=O)C2CC2c2ccc(OC)cc2)cc(C(=O)OC)c1. The van der Waals surface area contributed by atoms with Crippen molar-refractivity contribution in [1.29, 1.82) is 0 Å². The Balaban J connectivity index is 1.74. The fourth-order valence-corrected chi connectivity index (χ4v) is 3.11. The molecule has 7 nitrogen and oxygen atoms in total. The second-order valence-corrected chi connectivity index (χ2v) is 6.49. The second kappa shape index (κ2) is 8.12. The number of carbonyl (C=O) groups excluding carboxylic acids is 3. The van der Waals surface area contributed by atoms with Gasteiger partial charge in [-0.25, -0.2) is 9.59 Å². The molecule has 2 aromatic rings. The predicted molar refractivity (Wildman–Crippen MR) is 102 cm³/mol. The maximum absolute atomic E-state index is 12.6. The van der Waals surface area contributed by atoms with Crippen molar-refractivity contribution in [3.8, 4) is 5.75 Å². The first-order chi connectivity index (χ1) is 13.5. The largest absolute Gasteiger partial charge is 0.497 e. The fraction of sp³-hybridized carbons (Fsp3) is 0.286. The molecule has 0 saturated heterocycles. The first-order valence-electron chi connectivity index (χ1n) is 8.73. The average molecular weight is 383 g/mol. The standard InChI is InChI=1S/C21H21NO6/c1-26-16-6-4-12(5-7-16)17-11-18(17)19(23)22-15-9-13(20(24)27-2)8-14(10-15)21(25)28-3/h4-10,17-18H,11H2,1-3H3,(H,22,23). The summed E-state index contributed by atoms with van der Waals surface area (Å²) < 4.78 is 14.6. The van der Waals surface area contributed by atoms with E-state index in [2.05, 4.69) is 5.32 Å². The van der Waals surface area contributed by atoms with Crippen LogP contribution in [0.1, 0.15) is 38.6 Å². The van der Waals surface area contributed by atoms with Gasteiger partial charge in [0.1, 0.15) is 5.75 Å². The second-order valence-electron chi connectivity index (χ2n) is 6.49. The lowest BCUT2D eigenvalue weighted by Gasteiger charge is -2.10. The molecule has 146 valence electrons. The molecule has 0 heterocycles. The molecule has 1 aliphatic rings. The number of amides is 1. The molecule has 1 saturated carbocycles. The smallest absolute Gasteiger partial charge is 0.337 e. The lowest BCUT2D eigenvalue weighted by atomic mass is 10.1. The van der Waals surface area contributed by atoms with Crippen LogP contribution >= 0.6 is 0 Å². The molecule has 1 aliphatic carbocycles. The van der Waals surface area contributed by atoms with E-state index in [4.69, 9.17) is 14.2 Å². The van der Waals surface area contributed by atoms with Crippen LogP contribution in [0.3, 0.4) is 0 Å². The maximum Gasteiger partial charge on any atom is 0.337 e. The monoisotopic (exact) mass is 383 g/mol. The molecule has 1 N–H and O–H groups in total. The Morgan fingerprint density at radius 2 is 1.46 bits per heavy atom. The Kier molecular flexibility index (Phi) is 5.63. The zero-order chi connectivity index (χ0) is 20.3. The lowest BCUT2D eigenvalue weighted by molar-refractivity contribution is -0.117. The summed E-state index contributed by atoms with van der Waals surface area (Å²) in [7, 11) is 4.09. The fourth-order valence-electron chi connectivity index (χ4n) is 3.11. The van der Waals surface area contributed by atoms with Crippen LogP contribution in [0.2, 0.25) is 0 Å². The van der Waals surface area contributed by atoms with Crippen molar-refractivity contribution in [1.82, 2.24) is 0 Å². The molecule has 0 bridgehead atoms. The molecule has 2 unspecified atom stereocenters. The Hall–Kier alpha value is -3.35. The summed E-state index contributed by atoms with van der Waals surface area (Å²) in [4.78, 5) is 36.3. The van der Waals surface area contributed by atoms with Gasteiger partial charge < -0.3 is 19.5 Å². The molecule has 0 aliphatic heterocycles. The predicted octanol–water partition coefficient (Wildman–Crippen LogP) is 3.01. The summed E-state index contributed by atoms with van der Waals surface area (Å²) in [5, 5.41) is 2.79. The van der Waals surface area contributed by atoms with Crippen molar-refractivity contribution in [3.63, 3.8) is 0 Å². The van der Waals surface area contributed by atoms with Crippen LogP contribution in [-0.4, -0.2) is 39.2 Å². The molecule has 0 radical (unpaired) electrons. The number of esters is 2. The first kappa shape index (κ1) is 19.4. The quantitative estimate of drug-likeness (QED) is 0.771. The molecule has 3 rings (SSSR count). The Bertz CT molecular complexity index is 871. The third kappa shape index (κ3) is 4.14. The lowest BCUT2D eigenvalue weighted by Crippen LogP contribution is -2.16. The van der Waals surface area contributed by atoms with Gasteiger partial charge in [0, 0.05) is 11.6 Å². The highest BCUT2D eigenvalue weighted by molar-refractivity contribution is 6.00. The number of benzene rings is 2. The minimum atomic E-state index is -0.608. The van der Waals surface area contributed by atoms with Gasteiger partial charge >= 0.3 is 11.9 Å². The number of anilines is 1. The van der Waals surface area contributed by atoms with Gasteiger partial charge in [0.2, 0.25) is 5.91 Å². The van der Waals surface area contributed by atoms with E-state index in [0.29, 0.717) is 5.69 Å². The van der Waals surface area contributed by atoms with E-state index in [9.17, 15) is 14.4 Å². The molecule has 7 heteroatoms. The normalized spacial score (nSPS) is 17.4. The number of ether oxygens (including phenoxy) is 3. The topological polar surface area (TPSA) is 90.9 Å². The summed E-state index contributed by atoms with van der Waals surface area (Å²) in [5.74, 6) is -0.655. The minimum Gasteiger partial charge on any atom is -0.497 e. The summed E-state index contributed by atoms with van der Waals surface area (Å²) >= 11 is 0. The molecule has 2 atom stereocenters. The number of nitrogens with one attached hydrogen (secondary N) is 1. The third-order valence-corrected chi connectivity index (χ3v) is 4.71. The van der Waals surface area contributed by atoms with Gasteiger partial charge in [-0.3, -0.25) is 4.79 Å². The molecule has 0 aromatic heterocycles. The highest BCUT2D eigenvalue weighted by atomic mass is 16.5. The molecular formula is C21H21NO6. The van der Waals surface area contributed by atoms with Crippen LogP contribution in [-0.2, 0) is 14.3 Å². The summed E-state index contributed by atoms with van der Waals surface area (Å²) in [6, 6.07) is 11.9.